The molecule has 1 aromatic heterocycles. The van der Waals surface area contributed by atoms with Crippen molar-refractivity contribution >= 4 is 12.1 Å². The molecule has 0 aliphatic heterocycles. The van der Waals surface area contributed by atoms with E-state index in [-0.39, 0.29) is 12.2 Å². The maximum Gasteiger partial charge on any atom is 0.408 e. The number of imidazole rings is 1. The first kappa shape index (κ1) is 13.0. The average Bonchev–Trinajstić information content (AvgIpc) is 2.60. The summed E-state index contributed by atoms with van der Waals surface area (Å²) in [4.78, 5) is 28.2. The maximum absolute atomic E-state index is 11.3. The number of ether oxygens (including phenoxy) is 1. The fourth-order valence-corrected chi connectivity index (χ4v) is 1.03. The molecule has 94 valence electrons. The fraction of sp³-hybridized carbons (Fsp3) is 0.500. The number of carbonyl (C=O) groups is 2. The van der Waals surface area contributed by atoms with Crippen LogP contribution in [0.25, 0.3) is 0 Å². The number of alkyl carbamates (subject to hydrolysis) is 1. The number of nitrogens with zero attached hydrogens (tertiary/aromatic N) is 1. The Morgan fingerprint density at radius 3 is 2.65 bits per heavy atom. The van der Waals surface area contributed by atoms with Crippen LogP contribution in [-0.4, -0.2) is 32.7 Å². The van der Waals surface area contributed by atoms with Gasteiger partial charge in [-0.25, -0.2) is 14.6 Å². The van der Waals surface area contributed by atoms with Crippen LogP contribution in [0.1, 0.15) is 37.1 Å². The third-order valence-electron chi connectivity index (χ3n) is 1.66. The first-order chi connectivity index (χ1) is 7.78. The van der Waals surface area contributed by atoms with Crippen LogP contribution in [0.5, 0.6) is 0 Å². The van der Waals surface area contributed by atoms with Gasteiger partial charge in [-0.3, -0.25) is 0 Å². The molecule has 1 aromatic rings. The fourth-order valence-electron chi connectivity index (χ4n) is 1.03. The molecule has 0 atom stereocenters. The van der Waals surface area contributed by atoms with E-state index in [0.717, 1.165) is 0 Å². The molecule has 0 aliphatic rings. The van der Waals surface area contributed by atoms with Crippen LogP contribution < -0.4 is 5.32 Å². The number of H-pyrrole nitrogens is 1. The molecule has 0 bridgehead atoms. The van der Waals surface area contributed by atoms with E-state index in [2.05, 4.69) is 15.3 Å². The predicted octanol–water partition coefficient (Wildman–Crippen LogP) is 1.13. The van der Waals surface area contributed by atoms with Crippen molar-refractivity contribution in [2.24, 2.45) is 0 Å². The zero-order valence-electron chi connectivity index (χ0n) is 9.90. The molecule has 1 amide bonds. The van der Waals surface area contributed by atoms with Crippen molar-refractivity contribution in [3.05, 3.63) is 17.7 Å². The van der Waals surface area contributed by atoms with Gasteiger partial charge in [-0.15, -0.1) is 0 Å². The number of carboxylic acid groups (broad SMARTS) is 1. The van der Waals surface area contributed by atoms with Crippen LogP contribution in [0.4, 0.5) is 4.79 Å². The van der Waals surface area contributed by atoms with Gasteiger partial charge in [0.25, 0.3) is 0 Å². The smallest absolute Gasteiger partial charge is 0.408 e. The second-order valence-electron chi connectivity index (χ2n) is 4.40. The summed E-state index contributed by atoms with van der Waals surface area (Å²) in [6, 6.07) is 0. The van der Waals surface area contributed by atoms with Gasteiger partial charge in [0.05, 0.1) is 12.7 Å². The lowest BCUT2D eigenvalue weighted by molar-refractivity contribution is 0.0522. The number of rotatable bonds is 3. The summed E-state index contributed by atoms with van der Waals surface area (Å²) in [5.74, 6) is -0.741. The quantitative estimate of drug-likeness (QED) is 0.735. The molecule has 0 aliphatic carbocycles. The molecule has 1 rings (SSSR count). The van der Waals surface area contributed by atoms with E-state index in [1.165, 1.54) is 6.20 Å². The first-order valence-electron chi connectivity index (χ1n) is 5.02. The first-order valence-corrected chi connectivity index (χ1v) is 5.02. The molecule has 7 nitrogen and oxygen atoms in total. The number of hydrogen-bond acceptors (Lipinski definition) is 4. The zero-order valence-corrected chi connectivity index (χ0v) is 9.90. The van der Waals surface area contributed by atoms with Crippen molar-refractivity contribution in [2.75, 3.05) is 0 Å². The number of hydrogen-bond donors (Lipinski definition) is 3. The number of aromatic carboxylic acids is 1. The van der Waals surface area contributed by atoms with E-state index in [1.807, 2.05) is 0 Å². The highest BCUT2D eigenvalue weighted by molar-refractivity contribution is 5.85. The van der Waals surface area contributed by atoms with Crippen molar-refractivity contribution < 1.29 is 19.4 Å². The van der Waals surface area contributed by atoms with Gasteiger partial charge in [-0.1, -0.05) is 0 Å². The average molecular weight is 241 g/mol. The molecule has 0 unspecified atom stereocenters. The van der Waals surface area contributed by atoms with Crippen LogP contribution in [0.2, 0.25) is 0 Å². The molecule has 0 spiro atoms. The minimum Gasteiger partial charge on any atom is -0.477 e. The molecule has 7 heteroatoms. The molecule has 1 heterocycles. The van der Waals surface area contributed by atoms with Crippen LogP contribution in [0.3, 0.4) is 0 Å². The third-order valence-corrected chi connectivity index (χ3v) is 1.66. The second kappa shape index (κ2) is 4.86. The summed E-state index contributed by atoms with van der Waals surface area (Å²) >= 11 is 0. The monoisotopic (exact) mass is 241 g/mol. The predicted molar refractivity (Wildman–Crippen MR) is 58.6 cm³/mol. The van der Waals surface area contributed by atoms with Gasteiger partial charge < -0.3 is 20.1 Å². The summed E-state index contributed by atoms with van der Waals surface area (Å²) in [6.07, 6.45) is 0.611. The van der Waals surface area contributed by atoms with Crippen molar-refractivity contribution in [3.8, 4) is 0 Å². The number of carbonyl (C=O) groups excluding carboxylic acids is 1. The maximum atomic E-state index is 11.3. The molecule has 3 N–H and O–H groups in total. The van der Waals surface area contributed by atoms with E-state index in [9.17, 15) is 9.59 Å². The van der Waals surface area contributed by atoms with Gasteiger partial charge in [0, 0.05) is 0 Å². The van der Waals surface area contributed by atoms with Gasteiger partial charge >= 0.3 is 12.1 Å². The van der Waals surface area contributed by atoms with E-state index in [1.54, 1.807) is 20.8 Å². The van der Waals surface area contributed by atoms with E-state index < -0.39 is 17.7 Å². The second-order valence-corrected chi connectivity index (χ2v) is 4.40. The standard InChI is InChI=1S/C10H15N3O4/c1-10(2,3)17-9(16)12-5-7-11-4-6(13-7)8(14)15/h4H,5H2,1-3H3,(H,11,13)(H,12,16)(H,14,15). The van der Waals surface area contributed by atoms with Crippen LogP contribution in [0, 0.1) is 0 Å². The van der Waals surface area contributed by atoms with Crippen LogP contribution in [-0.2, 0) is 11.3 Å². The number of aromatic nitrogens is 2. The summed E-state index contributed by atoms with van der Waals surface area (Å²) in [6.45, 7) is 5.34. The van der Waals surface area contributed by atoms with Crippen molar-refractivity contribution in [3.63, 3.8) is 0 Å². The number of nitrogens with one attached hydrogen (secondary N) is 2. The summed E-state index contributed by atoms with van der Waals surface area (Å²) in [7, 11) is 0. The lowest BCUT2D eigenvalue weighted by Crippen LogP contribution is -2.32. The Morgan fingerprint density at radius 2 is 2.18 bits per heavy atom. The van der Waals surface area contributed by atoms with E-state index in [4.69, 9.17) is 9.84 Å². The normalized spacial score (nSPS) is 11.0. The summed E-state index contributed by atoms with van der Waals surface area (Å²) < 4.78 is 5.01. The topological polar surface area (TPSA) is 104 Å². The Labute approximate surface area is 98.2 Å². The summed E-state index contributed by atoms with van der Waals surface area (Å²) in [5.41, 5.74) is -0.592. The highest BCUT2D eigenvalue weighted by atomic mass is 16.6. The Bertz CT molecular complexity index is 419. The molecular formula is C10H15N3O4. The highest BCUT2D eigenvalue weighted by Crippen LogP contribution is 2.06. The molecule has 0 saturated heterocycles. The summed E-state index contributed by atoms with van der Waals surface area (Å²) in [5, 5.41) is 11.1. The van der Waals surface area contributed by atoms with Gasteiger partial charge in [0.1, 0.15) is 17.1 Å². The minimum absolute atomic E-state index is 0.0222. The molecule has 0 aromatic carbocycles. The Kier molecular flexibility index (Phi) is 3.72. The molecule has 0 saturated carbocycles. The van der Waals surface area contributed by atoms with E-state index >= 15 is 0 Å². The Hall–Kier alpha value is -2.05. The third kappa shape index (κ3) is 4.54. The van der Waals surface area contributed by atoms with Gasteiger partial charge in [0.2, 0.25) is 0 Å². The van der Waals surface area contributed by atoms with Crippen molar-refractivity contribution in [1.82, 2.24) is 15.3 Å². The minimum atomic E-state index is -1.10. The molecular weight excluding hydrogens is 226 g/mol. The van der Waals surface area contributed by atoms with Gasteiger partial charge in [-0.05, 0) is 20.8 Å². The van der Waals surface area contributed by atoms with Crippen molar-refractivity contribution in [1.29, 1.82) is 0 Å². The van der Waals surface area contributed by atoms with Crippen LogP contribution in [0.15, 0.2) is 6.20 Å². The molecule has 17 heavy (non-hydrogen) atoms. The number of carboxylic acids is 1. The zero-order chi connectivity index (χ0) is 13.1. The Morgan fingerprint density at radius 1 is 1.53 bits per heavy atom. The largest absolute Gasteiger partial charge is 0.477 e. The van der Waals surface area contributed by atoms with Crippen molar-refractivity contribution in [2.45, 2.75) is 32.9 Å². The van der Waals surface area contributed by atoms with E-state index in [0.29, 0.717) is 5.82 Å². The number of aromatic amines is 1. The lowest BCUT2D eigenvalue weighted by Gasteiger charge is -2.19. The molecule has 0 radical (unpaired) electrons. The Balaban J connectivity index is 2.45. The van der Waals surface area contributed by atoms with Gasteiger partial charge in [0.15, 0.2) is 0 Å². The van der Waals surface area contributed by atoms with Crippen LogP contribution >= 0.6 is 0 Å². The SMILES string of the molecule is CC(C)(C)OC(=O)NCc1ncc(C(=O)O)[nH]1. The highest BCUT2D eigenvalue weighted by Gasteiger charge is 2.16. The lowest BCUT2D eigenvalue weighted by atomic mass is 10.2. The molecule has 0 fully saturated rings. The number of amides is 1. The van der Waals surface area contributed by atoms with Gasteiger partial charge in [-0.2, -0.15) is 0 Å².